The van der Waals surface area contributed by atoms with Gasteiger partial charge in [-0.2, -0.15) is 0 Å². The van der Waals surface area contributed by atoms with E-state index in [-0.39, 0.29) is 0 Å². The number of hydrogen-bond acceptors (Lipinski definition) is 2. The number of aryl methyl sites for hydroxylation is 2. The summed E-state index contributed by atoms with van der Waals surface area (Å²) in [5.74, 6) is 0. The zero-order chi connectivity index (χ0) is 13.8. The van der Waals surface area contributed by atoms with Crippen LogP contribution in [0.3, 0.4) is 0 Å². The van der Waals surface area contributed by atoms with Crippen LogP contribution in [0.25, 0.3) is 0 Å². The van der Waals surface area contributed by atoms with Crippen LogP contribution in [0.5, 0.6) is 0 Å². The van der Waals surface area contributed by atoms with Gasteiger partial charge in [0.2, 0.25) is 0 Å². The number of hydrogen-bond donors (Lipinski definition) is 2. The predicted octanol–water partition coefficient (Wildman–Crippen LogP) is 4.10. The molecule has 100 valence electrons. The molecule has 0 spiro atoms. The van der Waals surface area contributed by atoms with Crippen molar-refractivity contribution < 1.29 is 5.11 Å². The largest absolute Gasteiger partial charge is 0.387 e. The van der Waals surface area contributed by atoms with E-state index in [1.54, 1.807) is 0 Å². The van der Waals surface area contributed by atoms with Crippen molar-refractivity contribution in [1.29, 1.82) is 0 Å². The Hall–Kier alpha value is -1.51. The molecule has 0 amide bonds. The van der Waals surface area contributed by atoms with Crippen molar-refractivity contribution in [1.82, 2.24) is 0 Å². The molecule has 2 aromatic carbocycles. The highest BCUT2D eigenvalue weighted by atomic mass is 35.5. The first-order chi connectivity index (χ1) is 9.06. The van der Waals surface area contributed by atoms with Crippen molar-refractivity contribution in [2.75, 3.05) is 11.9 Å². The molecule has 0 saturated carbocycles. The minimum atomic E-state index is -0.518. The lowest BCUT2D eigenvalue weighted by Crippen LogP contribution is -2.12. The molecule has 0 heterocycles. The van der Waals surface area contributed by atoms with E-state index in [0.29, 0.717) is 6.54 Å². The fourth-order valence-corrected chi connectivity index (χ4v) is 2.17. The first-order valence-corrected chi connectivity index (χ1v) is 6.69. The van der Waals surface area contributed by atoms with E-state index in [0.717, 1.165) is 21.8 Å². The highest BCUT2D eigenvalue weighted by molar-refractivity contribution is 6.30. The van der Waals surface area contributed by atoms with Crippen molar-refractivity contribution in [2.45, 2.75) is 20.0 Å². The van der Waals surface area contributed by atoms with E-state index in [1.165, 1.54) is 5.56 Å². The summed E-state index contributed by atoms with van der Waals surface area (Å²) in [6.07, 6.45) is -0.518. The maximum Gasteiger partial charge on any atom is 0.0962 e. The maximum atomic E-state index is 10.1. The molecule has 3 heteroatoms. The van der Waals surface area contributed by atoms with Gasteiger partial charge in [0.25, 0.3) is 0 Å². The average molecular weight is 276 g/mol. The third-order valence-electron chi connectivity index (χ3n) is 3.14. The summed E-state index contributed by atoms with van der Waals surface area (Å²) >= 11 is 5.91. The lowest BCUT2D eigenvalue weighted by Gasteiger charge is -2.15. The number of benzene rings is 2. The molecule has 2 N–H and O–H groups in total. The van der Waals surface area contributed by atoms with Gasteiger partial charge in [-0.25, -0.2) is 0 Å². The molecule has 0 aliphatic rings. The number of halogens is 1. The molecule has 19 heavy (non-hydrogen) atoms. The number of aliphatic hydroxyl groups excluding tert-OH is 1. The Morgan fingerprint density at radius 2 is 1.79 bits per heavy atom. The Labute approximate surface area is 119 Å². The summed E-state index contributed by atoms with van der Waals surface area (Å²) in [6.45, 7) is 4.50. The van der Waals surface area contributed by atoms with Crippen LogP contribution in [-0.4, -0.2) is 11.7 Å². The SMILES string of the molecule is Cc1ccc(C(O)CNc2ccc(Cl)cc2C)cc1. The lowest BCUT2D eigenvalue weighted by molar-refractivity contribution is 0.191. The molecule has 1 atom stereocenters. The molecule has 0 saturated heterocycles. The number of aliphatic hydroxyl groups is 1. The van der Waals surface area contributed by atoms with E-state index < -0.39 is 6.10 Å². The van der Waals surface area contributed by atoms with Gasteiger partial charge < -0.3 is 10.4 Å². The number of rotatable bonds is 4. The van der Waals surface area contributed by atoms with Crippen LogP contribution in [0.2, 0.25) is 5.02 Å². The van der Waals surface area contributed by atoms with E-state index in [2.05, 4.69) is 5.32 Å². The summed E-state index contributed by atoms with van der Waals surface area (Å²) in [7, 11) is 0. The standard InChI is InChI=1S/C16H18ClNO/c1-11-3-5-13(6-4-11)16(19)10-18-15-8-7-14(17)9-12(15)2/h3-9,16,18-19H,10H2,1-2H3. The molecular weight excluding hydrogens is 258 g/mol. The second kappa shape index (κ2) is 6.09. The van der Waals surface area contributed by atoms with E-state index in [1.807, 2.05) is 56.3 Å². The Morgan fingerprint density at radius 1 is 1.11 bits per heavy atom. The molecule has 0 bridgehead atoms. The van der Waals surface area contributed by atoms with Gasteiger partial charge in [-0.05, 0) is 43.2 Å². The molecule has 0 fully saturated rings. The summed E-state index contributed by atoms with van der Waals surface area (Å²) < 4.78 is 0. The Bertz CT molecular complexity index is 551. The van der Waals surface area contributed by atoms with Crippen molar-refractivity contribution in [3.05, 3.63) is 64.2 Å². The Kier molecular flexibility index (Phi) is 4.46. The van der Waals surface area contributed by atoms with Crippen LogP contribution >= 0.6 is 11.6 Å². The van der Waals surface area contributed by atoms with Crippen LogP contribution in [0, 0.1) is 13.8 Å². The fraction of sp³-hybridized carbons (Fsp3) is 0.250. The first-order valence-electron chi connectivity index (χ1n) is 6.31. The zero-order valence-corrected chi connectivity index (χ0v) is 11.9. The zero-order valence-electron chi connectivity index (χ0n) is 11.2. The van der Waals surface area contributed by atoms with E-state index in [9.17, 15) is 5.11 Å². The number of anilines is 1. The predicted molar refractivity (Wildman–Crippen MR) is 80.8 cm³/mol. The smallest absolute Gasteiger partial charge is 0.0962 e. The van der Waals surface area contributed by atoms with Crippen LogP contribution < -0.4 is 5.32 Å². The van der Waals surface area contributed by atoms with Crippen LogP contribution in [0.1, 0.15) is 22.8 Å². The topological polar surface area (TPSA) is 32.3 Å². The highest BCUT2D eigenvalue weighted by Gasteiger charge is 2.07. The summed E-state index contributed by atoms with van der Waals surface area (Å²) in [5, 5.41) is 14.1. The molecule has 0 aliphatic heterocycles. The minimum Gasteiger partial charge on any atom is -0.387 e. The van der Waals surface area contributed by atoms with E-state index in [4.69, 9.17) is 11.6 Å². The van der Waals surface area contributed by atoms with Crippen LogP contribution in [0.4, 0.5) is 5.69 Å². The van der Waals surface area contributed by atoms with Crippen molar-refractivity contribution in [3.8, 4) is 0 Å². The van der Waals surface area contributed by atoms with Gasteiger partial charge in [-0.1, -0.05) is 41.4 Å². The van der Waals surface area contributed by atoms with Gasteiger partial charge in [0, 0.05) is 17.3 Å². The average Bonchev–Trinajstić information content (AvgIpc) is 2.38. The summed E-state index contributed by atoms with van der Waals surface area (Å²) in [6, 6.07) is 13.6. The summed E-state index contributed by atoms with van der Waals surface area (Å²) in [4.78, 5) is 0. The normalized spacial score (nSPS) is 12.2. The lowest BCUT2D eigenvalue weighted by atomic mass is 10.1. The monoisotopic (exact) mass is 275 g/mol. The molecule has 0 aromatic heterocycles. The Morgan fingerprint density at radius 3 is 2.42 bits per heavy atom. The molecule has 1 unspecified atom stereocenters. The maximum absolute atomic E-state index is 10.1. The second-order valence-corrected chi connectivity index (χ2v) is 5.20. The van der Waals surface area contributed by atoms with Crippen LogP contribution in [0.15, 0.2) is 42.5 Å². The quantitative estimate of drug-likeness (QED) is 0.880. The van der Waals surface area contributed by atoms with Crippen LogP contribution in [-0.2, 0) is 0 Å². The minimum absolute atomic E-state index is 0.478. The highest BCUT2D eigenvalue weighted by Crippen LogP contribution is 2.21. The molecule has 0 radical (unpaired) electrons. The van der Waals surface area contributed by atoms with E-state index >= 15 is 0 Å². The third-order valence-corrected chi connectivity index (χ3v) is 3.37. The van der Waals surface area contributed by atoms with Gasteiger partial charge in [-0.15, -0.1) is 0 Å². The molecular formula is C16H18ClNO. The van der Waals surface area contributed by atoms with Crippen molar-refractivity contribution >= 4 is 17.3 Å². The summed E-state index contributed by atoms with van der Waals surface area (Å²) in [5.41, 5.74) is 4.18. The van der Waals surface area contributed by atoms with Crippen molar-refractivity contribution in [2.24, 2.45) is 0 Å². The molecule has 2 rings (SSSR count). The molecule has 2 aromatic rings. The van der Waals surface area contributed by atoms with Crippen molar-refractivity contribution in [3.63, 3.8) is 0 Å². The van der Waals surface area contributed by atoms with Gasteiger partial charge in [0.1, 0.15) is 0 Å². The van der Waals surface area contributed by atoms with Gasteiger partial charge >= 0.3 is 0 Å². The molecule has 0 aliphatic carbocycles. The van der Waals surface area contributed by atoms with Gasteiger partial charge in [0.15, 0.2) is 0 Å². The van der Waals surface area contributed by atoms with Gasteiger partial charge in [0.05, 0.1) is 6.10 Å². The Balaban J connectivity index is 2.00. The number of nitrogens with one attached hydrogen (secondary N) is 1. The van der Waals surface area contributed by atoms with Gasteiger partial charge in [-0.3, -0.25) is 0 Å². The fourth-order valence-electron chi connectivity index (χ4n) is 1.94. The third kappa shape index (κ3) is 3.72. The first kappa shape index (κ1) is 13.9. The molecule has 2 nitrogen and oxygen atoms in total. The second-order valence-electron chi connectivity index (χ2n) is 4.77.